The Morgan fingerprint density at radius 2 is 1.46 bits per heavy atom. The molecule has 6 N–H and O–H groups in total. The van der Waals surface area contributed by atoms with Crippen LogP contribution in [0.1, 0.15) is 58.6 Å². The molecular weight excluding hydrogens is 590 g/mol. The number of hydrogen-bond donors (Lipinski definition) is 6. The predicted molar refractivity (Wildman–Crippen MR) is 174 cm³/mol. The highest BCUT2D eigenvalue weighted by atomic mass is 16.6. The maximum atomic E-state index is 13.7. The minimum Gasteiger partial charge on any atom is -0.481 e. The number of rotatable bonds is 15. The van der Waals surface area contributed by atoms with E-state index in [0.29, 0.717) is 6.42 Å². The number of para-hydroxylation sites is 1. The fourth-order valence-electron chi connectivity index (χ4n) is 4.91. The number of alkyl carbamates (subject to hydrolysis) is 1. The van der Waals surface area contributed by atoms with E-state index in [2.05, 4.69) is 26.3 Å². The highest BCUT2D eigenvalue weighted by Gasteiger charge is 2.32. The second-order valence-electron chi connectivity index (χ2n) is 12.6. The second-order valence-corrected chi connectivity index (χ2v) is 12.6. The molecule has 12 heteroatoms. The van der Waals surface area contributed by atoms with Gasteiger partial charge in [-0.3, -0.25) is 19.2 Å². The van der Waals surface area contributed by atoms with Crippen molar-refractivity contribution in [3.8, 4) is 0 Å². The van der Waals surface area contributed by atoms with E-state index in [4.69, 9.17) is 4.74 Å². The topological polar surface area (TPSA) is 179 Å². The van der Waals surface area contributed by atoms with Crippen LogP contribution in [0.4, 0.5) is 4.79 Å². The number of fused-ring (bicyclic) bond motifs is 1. The Kier molecular flexibility index (Phi) is 12.7. The molecular formula is C34H45N5O7. The van der Waals surface area contributed by atoms with Crippen molar-refractivity contribution in [2.75, 3.05) is 6.54 Å². The van der Waals surface area contributed by atoms with Crippen LogP contribution in [0.3, 0.4) is 0 Å². The smallest absolute Gasteiger partial charge is 0.408 e. The van der Waals surface area contributed by atoms with Crippen LogP contribution in [0.2, 0.25) is 0 Å². The number of carbonyl (C=O) groups excluding carboxylic acids is 4. The number of aromatic amines is 1. The predicted octanol–water partition coefficient (Wildman–Crippen LogP) is 3.45. The molecule has 3 rings (SSSR count). The molecule has 0 spiro atoms. The van der Waals surface area contributed by atoms with E-state index >= 15 is 0 Å². The first-order chi connectivity index (χ1) is 21.7. The lowest BCUT2D eigenvalue weighted by Gasteiger charge is -2.27. The molecule has 1 heterocycles. The fourth-order valence-corrected chi connectivity index (χ4v) is 4.91. The molecule has 248 valence electrons. The van der Waals surface area contributed by atoms with E-state index in [1.807, 2.05) is 68.4 Å². The second kappa shape index (κ2) is 16.4. The quantitative estimate of drug-likeness (QED) is 0.148. The van der Waals surface area contributed by atoms with E-state index in [0.717, 1.165) is 22.0 Å². The van der Waals surface area contributed by atoms with Gasteiger partial charge in [0.15, 0.2) is 0 Å². The maximum Gasteiger partial charge on any atom is 0.408 e. The molecule has 1 aromatic heterocycles. The van der Waals surface area contributed by atoms with Gasteiger partial charge in [0.25, 0.3) is 0 Å². The summed E-state index contributed by atoms with van der Waals surface area (Å²) < 4.78 is 5.40. The van der Waals surface area contributed by atoms with Gasteiger partial charge in [0, 0.05) is 30.1 Å². The van der Waals surface area contributed by atoms with Crippen molar-refractivity contribution < 1.29 is 33.8 Å². The normalized spacial score (nSPS) is 13.3. The van der Waals surface area contributed by atoms with Crippen LogP contribution in [-0.2, 0) is 36.8 Å². The third kappa shape index (κ3) is 11.6. The lowest BCUT2D eigenvalue weighted by molar-refractivity contribution is -0.141. The molecule has 0 bridgehead atoms. The summed E-state index contributed by atoms with van der Waals surface area (Å²) in [7, 11) is 0. The van der Waals surface area contributed by atoms with Crippen molar-refractivity contribution in [3.63, 3.8) is 0 Å². The summed E-state index contributed by atoms with van der Waals surface area (Å²) in [5, 5.41) is 20.9. The number of carboxylic acid groups (broad SMARTS) is 1. The van der Waals surface area contributed by atoms with Crippen molar-refractivity contribution in [1.29, 1.82) is 0 Å². The SMILES string of the molecule is CC(C)C[C@H](NC(=O)[C@H](Cc1c[nH]c2ccccc12)NC(=O)OC(C)(C)C)C(=O)N[C@@H](CC(=O)O)C(=O)NCCc1ccccc1. The summed E-state index contributed by atoms with van der Waals surface area (Å²) in [5.41, 5.74) is 1.80. The number of amides is 4. The highest BCUT2D eigenvalue weighted by Crippen LogP contribution is 2.20. The van der Waals surface area contributed by atoms with Gasteiger partial charge in [-0.1, -0.05) is 62.4 Å². The minimum atomic E-state index is -1.37. The molecule has 2 aromatic carbocycles. The molecule has 0 saturated heterocycles. The average Bonchev–Trinajstić information content (AvgIpc) is 3.37. The molecule has 4 amide bonds. The van der Waals surface area contributed by atoms with Crippen LogP contribution in [0.15, 0.2) is 60.8 Å². The van der Waals surface area contributed by atoms with Crippen molar-refractivity contribution >= 4 is 40.7 Å². The van der Waals surface area contributed by atoms with E-state index in [9.17, 15) is 29.1 Å². The Balaban J connectivity index is 1.77. The Bertz CT molecular complexity index is 1500. The van der Waals surface area contributed by atoms with Gasteiger partial charge < -0.3 is 36.1 Å². The number of aliphatic carboxylic acids is 1. The number of carboxylic acids is 1. The zero-order valence-electron chi connectivity index (χ0n) is 27.0. The molecule has 0 aliphatic heterocycles. The Hall–Kier alpha value is -4.87. The Morgan fingerprint density at radius 3 is 2.11 bits per heavy atom. The average molecular weight is 636 g/mol. The largest absolute Gasteiger partial charge is 0.481 e. The zero-order chi connectivity index (χ0) is 33.9. The number of carbonyl (C=O) groups is 5. The number of benzene rings is 2. The summed E-state index contributed by atoms with van der Waals surface area (Å²) in [4.78, 5) is 67.7. The molecule has 12 nitrogen and oxygen atoms in total. The van der Waals surface area contributed by atoms with Gasteiger partial charge in [0.05, 0.1) is 6.42 Å². The Morgan fingerprint density at radius 1 is 0.826 bits per heavy atom. The van der Waals surface area contributed by atoms with Crippen LogP contribution in [0, 0.1) is 5.92 Å². The fraction of sp³-hybridized carbons (Fsp3) is 0.441. The third-order valence-corrected chi connectivity index (χ3v) is 7.01. The standard InChI is InChI=1S/C34H45N5O7/c1-21(2)17-26(31(43)38-28(19-29(40)41)30(42)35-16-15-22-11-7-6-8-12-22)37-32(44)27(39-33(45)46-34(3,4)5)18-23-20-36-25-14-10-9-13-24(23)25/h6-14,20-21,26-28,36H,15-19H2,1-5H3,(H,35,42)(H,37,44)(H,38,43)(H,39,45)(H,40,41)/t26-,27-,28-/m0/s1. The number of nitrogens with one attached hydrogen (secondary N) is 5. The molecule has 3 atom stereocenters. The maximum absolute atomic E-state index is 13.7. The van der Waals surface area contributed by atoms with Gasteiger partial charge in [-0.2, -0.15) is 0 Å². The van der Waals surface area contributed by atoms with Gasteiger partial charge in [-0.25, -0.2) is 4.79 Å². The zero-order valence-corrected chi connectivity index (χ0v) is 27.0. The lowest BCUT2D eigenvalue weighted by Crippen LogP contribution is -2.58. The number of aromatic nitrogens is 1. The molecule has 0 aliphatic rings. The van der Waals surface area contributed by atoms with Gasteiger partial charge >= 0.3 is 12.1 Å². The summed E-state index contributed by atoms with van der Waals surface area (Å²) in [5.74, 6) is -3.33. The molecule has 0 saturated carbocycles. The number of H-pyrrole nitrogens is 1. The molecule has 0 aliphatic carbocycles. The number of ether oxygens (including phenoxy) is 1. The summed E-state index contributed by atoms with van der Waals surface area (Å²) >= 11 is 0. The van der Waals surface area contributed by atoms with Crippen molar-refractivity contribution in [1.82, 2.24) is 26.3 Å². The summed E-state index contributed by atoms with van der Waals surface area (Å²) in [6, 6.07) is 13.4. The number of hydrogen-bond acceptors (Lipinski definition) is 6. The molecule has 3 aromatic rings. The highest BCUT2D eigenvalue weighted by molar-refractivity contribution is 5.95. The van der Waals surface area contributed by atoms with Crippen molar-refractivity contribution in [2.45, 2.75) is 84.0 Å². The monoisotopic (exact) mass is 635 g/mol. The van der Waals surface area contributed by atoms with E-state index < -0.39 is 59.9 Å². The van der Waals surface area contributed by atoms with Crippen LogP contribution < -0.4 is 21.3 Å². The molecule has 46 heavy (non-hydrogen) atoms. The first-order valence-electron chi connectivity index (χ1n) is 15.4. The van der Waals surface area contributed by atoms with Crippen molar-refractivity contribution in [2.24, 2.45) is 5.92 Å². The molecule has 0 fully saturated rings. The third-order valence-electron chi connectivity index (χ3n) is 7.01. The van der Waals surface area contributed by atoms with Crippen LogP contribution in [0.5, 0.6) is 0 Å². The summed E-state index contributed by atoms with van der Waals surface area (Å²) in [6.45, 7) is 9.08. The van der Waals surface area contributed by atoms with Gasteiger partial charge in [-0.15, -0.1) is 0 Å². The first-order valence-corrected chi connectivity index (χ1v) is 15.4. The van der Waals surface area contributed by atoms with E-state index in [1.165, 1.54) is 0 Å². The Labute approximate surface area is 269 Å². The van der Waals surface area contributed by atoms with E-state index in [-0.39, 0.29) is 25.3 Å². The lowest BCUT2D eigenvalue weighted by atomic mass is 10.0. The van der Waals surface area contributed by atoms with Crippen LogP contribution in [0.25, 0.3) is 10.9 Å². The summed E-state index contributed by atoms with van der Waals surface area (Å²) in [6.07, 6.45) is 1.12. The van der Waals surface area contributed by atoms with Gasteiger partial charge in [0.1, 0.15) is 23.7 Å². The van der Waals surface area contributed by atoms with Gasteiger partial charge in [-0.05, 0) is 56.7 Å². The van der Waals surface area contributed by atoms with Crippen LogP contribution >= 0.6 is 0 Å². The first kappa shape index (κ1) is 35.6. The van der Waals surface area contributed by atoms with Crippen LogP contribution in [-0.4, -0.2) is 70.1 Å². The van der Waals surface area contributed by atoms with Gasteiger partial charge in [0.2, 0.25) is 17.7 Å². The van der Waals surface area contributed by atoms with E-state index in [1.54, 1.807) is 27.0 Å². The molecule has 0 unspecified atom stereocenters. The van der Waals surface area contributed by atoms with Crippen molar-refractivity contribution in [3.05, 3.63) is 71.9 Å². The molecule has 0 radical (unpaired) electrons. The minimum absolute atomic E-state index is 0.0560.